The molecule has 0 unspecified atom stereocenters. The molecule has 0 atom stereocenters. The standard InChI is InChI=1S/C19H26FN3O2.HI/c1-3-21-19(23-14-5-7-15(24)8-6-14)22-11-18-12(2)16-10-13(20)4-9-17(16)25-18;/h4,9-10,14-15,24H,3,5-8,11H2,1-2H3,(H2,21,22,23);1H. The van der Waals surface area contributed by atoms with E-state index in [9.17, 15) is 9.50 Å². The second-order valence-electron chi connectivity index (χ2n) is 6.64. The quantitative estimate of drug-likeness (QED) is 0.357. The summed E-state index contributed by atoms with van der Waals surface area (Å²) in [6.45, 7) is 5.12. The average Bonchev–Trinajstić information content (AvgIpc) is 2.91. The molecular formula is C19H27FIN3O2. The van der Waals surface area contributed by atoms with Gasteiger partial charge in [0.25, 0.3) is 0 Å². The molecule has 3 rings (SSSR count). The monoisotopic (exact) mass is 475 g/mol. The molecule has 1 aliphatic rings. The Hall–Kier alpha value is -1.35. The molecule has 1 saturated carbocycles. The first-order chi connectivity index (χ1) is 12.1. The number of benzene rings is 1. The molecule has 0 spiro atoms. The molecule has 2 aromatic rings. The highest BCUT2D eigenvalue weighted by Crippen LogP contribution is 2.26. The van der Waals surface area contributed by atoms with Crippen molar-refractivity contribution in [1.29, 1.82) is 0 Å². The lowest BCUT2D eigenvalue weighted by atomic mass is 9.93. The molecule has 1 fully saturated rings. The summed E-state index contributed by atoms with van der Waals surface area (Å²) < 4.78 is 19.2. The van der Waals surface area contributed by atoms with Gasteiger partial charge in [0.15, 0.2) is 5.96 Å². The molecule has 1 aromatic heterocycles. The maximum absolute atomic E-state index is 13.4. The van der Waals surface area contributed by atoms with Gasteiger partial charge in [0.1, 0.15) is 23.7 Å². The Labute approximate surface area is 170 Å². The molecular weight excluding hydrogens is 448 g/mol. The third kappa shape index (κ3) is 5.09. The fourth-order valence-electron chi connectivity index (χ4n) is 3.28. The van der Waals surface area contributed by atoms with Crippen molar-refractivity contribution < 1.29 is 13.9 Å². The predicted molar refractivity (Wildman–Crippen MR) is 113 cm³/mol. The van der Waals surface area contributed by atoms with Crippen LogP contribution in [0.1, 0.15) is 43.9 Å². The minimum atomic E-state index is -0.263. The molecule has 0 saturated heterocycles. The van der Waals surface area contributed by atoms with E-state index in [1.807, 2.05) is 13.8 Å². The summed E-state index contributed by atoms with van der Waals surface area (Å²) in [5, 5.41) is 17.1. The van der Waals surface area contributed by atoms with E-state index >= 15 is 0 Å². The van der Waals surface area contributed by atoms with E-state index in [2.05, 4.69) is 15.6 Å². The van der Waals surface area contributed by atoms with Crippen LogP contribution in [0.3, 0.4) is 0 Å². The van der Waals surface area contributed by atoms with Gasteiger partial charge in [-0.2, -0.15) is 0 Å². The molecule has 1 heterocycles. The minimum absolute atomic E-state index is 0. The zero-order valence-electron chi connectivity index (χ0n) is 15.2. The van der Waals surface area contributed by atoms with Crippen molar-refractivity contribution in [1.82, 2.24) is 10.6 Å². The lowest BCUT2D eigenvalue weighted by Gasteiger charge is -2.27. The number of aliphatic hydroxyl groups is 1. The predicted octanol–water partition coefficient (Wildman–Crippen LogP) is 3.86. The molecule has 1 aromatic carbocycles. The number of hydrogen-bond donors (Lipinski definition) is 3. The Morgan fingerprint density at radius 2 is 2.04 bits per heavy atom. The number of nitrogens with one attached hydrogen (secondary N) is 2. The van der Waals surface area contributed by atoms with E-state index in [0.29, 0.717) is 18.2 Å². The van der Waals surface area contributed by atoms with E-state index < -0.39 is 0 Å². The largest absolute Gasteiger partial charge is 0.459 e. The van der Waals surface area contributed by atoms with Gasteiger partial charge in [0.2, 0.25) is 0 Å². The number of rotatable bonds is 4. The van der Waals surface area contributed by atoms with E-state index in [4.69, 9.17) is 4.42 Å². The van der Waals surface area contributed by atoms with Crippen LogP contribution in [0.25, 0.3) is 11.0 Å². The van der Waals surface area contributed by atoms with Crippen LogP contribution in [-0.2, 0) is 6.54 Å². The lowest BCUT2D eigenvalue weighted by molar-refractivity contribution is 0.120. The SMILES string of the molecule is CCNC(=NCc1oc2ccc(F)cc2c1C)NC1CCC(O)CC1.I. The molecule has 0 amide bonds. The van der Waals surface area contributed by atoms with Crippen LogP contribution in [0, 0.1) is 12.7 Å². The molecule has 0 bridgehead atoms. The third-order valence-electron chi connectivity index (χ3n) is 4.76. The zero-order chi connectivity index (χ0) is 17.8. The molecule has 0 radical (unpaired) electrons. The van der Waals surface area contributed by atoms with Gasteiger partial charge in [0, 0.05) is 23.5 Å². The fourth-order valence-corrected chi connectivity index (χ4v) is 3.28. The second-order valence-corrected chi connectivity index (χ2v) is 6.64. The van der Waals surface area contributed by atoms with Gasteiger partial charge >= 0.3 is 0 Å². The summed E-state index contributed by atoms with van der Waals surface area (Å²) in [6, 6.07) is 4.88. The zero-order valence-corrected chi connectivity index (χ0v) is 17.5. The van der Waals surface area contributed by atoms with Gasteiger partial charge < -0.3 is 20.2 Å². The number of aryl methyl sites for hydroxylation is 1. The first-order valence-electron chi connectivity index (χ1n) is 8.97. The maximum Gasteiger partial charge on any atom is 0.191 e. The molecule has 7 heteroatoms. The number of guanidine groups is 1. The summed E-state index contributed by atoms with van der Waals surface area (Å²) in [5.41, 5.74) is 1.61. The highest BCUT2D eigenvalue weighted by atomic mass is 127. The molecule has 1 aliphatic carbocycles. The molecule has 5 nitrogen and oxygen atoms in total. The number of furan rings is 1. The van der Waals surface area contributed by atoms with Crippen molar-refractivity contribution in [3.8, 4) is 0 Å². The number of fused-ring (bicyclic) bond motifs is 1. The van der Waals surface area contributed by atoms with Crippen LogP contribution in [0.2, 0.25) is 0 Å². The Morgan fingerprint density at radius 1 is 1.31 bits per heavy atom. The van der Waals surface area contributed by atoms with Crippen molar-refractivity contribution in [3.05, 3.63) is 35.3 Å². The maximum atomic E-state index is 13.4. The molecule has 0 aliphatic heterocycles. The summed E-state index contributed by atoms with van der Waals surface area (Å²) in [7, 11) is 0. The third-order valence-corrected chi connectivity index (χ3v) is 4.76. The summed E-state index contributed by atoms with van der Waals surface area (Å²) in [4.78, 5) is 4.62. The fraction of sp³-hybridized carbons (Fsp3) is 0.526. The number of hydrogen-bond acceptors (Lipinski definition) is 3. The molecule has 3 N–H and O–H groups in total. The number of aliphatic hydroxyl groups excluding tert-OH is 1. The van der Waals surface area contributed by atoms with Crippen LogP contribution >= 0.6 is 24.0 Å². The highest BCUT2D eigenvalue weighted by molar-refractivity contribution is 14.0. The first kappa shape index (κ1) is 21.0. The van der Waals surface area contributed by atoms with Crippen LogP contribution < -0.4 is 10.6 Å². The van der Waals surface area contributed by atoms with Crippen molar-refractivity contribution in [2.24, 2.45) is 4.99 Å². The summed E-state index contributed by atoms with van der Waals surface area (Å²) >= 11 is 0. The lowest BCUT2D eigenvalue weighted by Crippen LogP contribution is -2.45. The van der Waals surface area contributed by atoms with Crippen LogP contribution in [0.15, 0.2) is 27.6 Å². The first-order valence-corrected chi connectivity index (χ1v) is 8.97. The van der Waals surface area contributed by atoms with E-state index in [1.54, 1.807) is 6.07 Å². The van der Waals surface area contributed by atoms with Crippen LogP contribution in [0.5, 0.6) is 0 Å². The topological polar surface area (TPSA) is 69.8 Å². The normalized spacial score (nSPS) is 20.7. The van der Waals surface area contributed by atoms with E-state index in [1.165, 1.54) is 12.1 Å². The number of aliphatic imine (C=N–C) groups is 1. The van der Waals surface area contributed by atoms with Crippen molar-refractivity contribution in [2.45, 2.75) is 58.2 Å². The van der Waals surface area contributed by atoms with Gasteiger partial charge in [-0.15, -0.1) is 24.0 Å². The van der Waals surface area contributed by atoms with Crippen molar-refractivity contribution >= 4 is 40.9 Å². The highest BCUT2D eigenvalue weighted by Gasteiger charge is 2.20. The number of nitrogens with zero attached hydrogens (tertiary/aromatic N) is 1. The van der Waals surface area contributed by atoms with Gasteiger partial charge in [0.05, 0.1) is 6.10 Å². The molecule has 26 heavy (non-hydrogen) atoms. The van der Waals surface area contributed by atoms with E-state index in [-0.39, 0.29) is 35.9 Å². The average molecular weight is 475 g/mol. The smallest absolute Gasteiger partial charge is 0.191 e. The number of halogens is 2. The Kier molecular flexibility index (Phi) is 7.69. The summed E-state index contributed by atoms with van der Waals surface area (Å²) in [6.07, 6.45) is 3.36. The Balaban J connectivity index is 0.00000243. The van der Waals surface area contributed by atoms with Gasteiger partial charge in [-0.3, -0.25) is 0 Å². The van der Waals surface area contributed by atoms with E-state index in [0.717, 1.165) is 54.9 Å². The van der Waals surface area contributed by atoms with Gasteiger partial charge in [-0.1, -0.05) is 0 Å². The second kappa shape index (κ2) is 9.55. The molecule has 144 valence electrons. The Bertz CT molecular complexity index is 755. The minimum Gasteiger partial charge on any atom is -0.459 e. The van der Waals surface area contributed by atoms with Gasteiger partial charge in [-0.25, -0.2) is 9.38 Å². The summed E-state index contributed by atoms with van der Waals surface area (Å²) in [5.74, 6) is 1.23. The van der Waals surface area contributed by atoms with Crippen molar-refractivity contribution in [3.63, 3.8) is 0 Å². The van der Waals surface area contributed by atoms with Crippen LogP contribution in [-0.4, -0.2) is 29.8 Å². The van der Waals surface area contributed by atoms with Gasteiger partial charge in [-0.05, 0) is 57.7 Å². The van der Waals surface area contributed by atoms with Crippen LogP contribution in [0.4, 0.5) is 4.39 Å². The van der Waals surface area contributed by atoms with Crippen molar-refractivity contribution in [2.75, 3.05) is 6.54 Å². The Morgan fingerprint density at radius 3 is 2.73 bits per heavy atom.